The Morgan fingerprint density at radius 2 is 1.76 bits per heavy atom. The van der Waals surface area contributed by atoms with Gasteiger partial charge in [-0.3, -0.25) is 4.79 Å². The first-order valence-electron chi connectivity index (χ1n) is 7.80. The number of anilines is 1. The van der Waals surface area contributed by atoms with Gasteiger partial charge in [-0.1, -0.05) is 26.7 Å². The number of rotatable bonds is 8. The first-order valence-corrected chi connectivity index (χ1v) is 7.80. The Kier molecular flexibility index (Phi) is 7.23. The Bertz CT molecular complexity index is 427. The van der Waals surface area contributed by atoms with Gasteiger partial charge in [-0.15, -0.1) is 0 Å². The maximum atomic E-state index is 12.1. The van der Waals surface area contributed by atoms with Crippen molar-refractivity contribution in [2.24, 2.45) is 5.92 Å². The minimum absolute atomic E-state index is 0.134. The van der Waals surface area contributed by atoms with Crippen LogP contribution in [0.4, 0.5) is 5.69 Å². The van der Waals surface area contributed by atoms with Crippen LogP contribution in [0.3, 0.4) is 0 Å². The Balaban J connectivity index is 2.56. The Labute approximate surface area is 128 Å². The maximum absolute atomic E-state index is 12.1. The lowest BCUT2D eigenvalue weighted by molar-refractivity contribution is 0.0816. The summed E-state index contributed by atoms with van der Waals surface area (Å²) in [5.41, 5.74) is 1.71. The minimum Gasteiger partial charge on any atom is -0.391 e. The molecular weight excluding hydrogens is 264 g/mol. The highest BCUT2D eigenvalue weighted by molar-refractivity contribution is 5.94. The van der Waals surface area contributed by atoms with Gasteiger partial charge in [-0.05, 0) is 37.1 Å². The number of carbonyl (C=O) groups excluding carboxylic acids is 1. The predicted octanol–water partition coefficient (Wildman–Crippen LogP) is 2.67. The molecule has 4 heteroatoms. The van der Waals surface area contributed by atoms with E-state index in [0.717, 1.165) is 25.1 Å². The maximum Gasteiger partial charge on any atom is 0.251 e. The largest absolute Gasteiger partial charge is 0.391 e. The van der Waals surface area contributed by atoms with Crippen LogP contribution in [0.1, 0.15) is 44.0 Å². The summed E-state index contributed by atoms with van der Waals surface area (Å²) in [6, 6.07) is 7.52. The summed E-state index contributed by atoms with van der Waals surface area (Å²) in [6.07, 6.45) is 1.37. The van der Waals surface area contributed by atoms with Gasteiger partial charge < -0.3 is 15.3 Å². The standard InChI is InChI=1S/C17H28N2O2/c1-5-13(6-2)16(20)12-18-17(21)14-8-10-15(11-9-14)19(4)7-3/h8-11,13,16,20H,5-7,12H2,1-4H3,(H,18,21). The molecule has 0 fully saturated rings. The van der Waals surface area contributed by atoms with Gasteiger partial charge in [0, 0.05) is 31.4 Å². The number of nitrogens with one attached hydrogen (secondary N) is 1. The van der Waals surface area contributed by atoms with Gasteiger partial charge >= 0.3 is 0 Å². The smallest absolute Gasteiger partial charge is 0.251 e. The zero-order valence-electron chi connectivity index (χ0n) is 13.6. The van der Waals surface area contributed by atoms with E-state index < -0.39 is 6.10 Å². The van der Waals surface area contributed by atoms with E-state index in [2.05, 4.69) is 31.0 Å². The van der Waals surface area contributed by atoms with Crippen LogP contribution in [-0.4, -0.2) is 37.3 Å². The molecule has 0 aliphatic carbocycles. The molecule has 0 saturated carbocycles. The third kappa shape index (κ3) is 5.05. The van der Waals surface area contributed by atoms with Crippen LogP contribution >= 0.6 is 0 Å². The molecule has 4 nitrogen and oxygen atoms in total. The fourth-order valence-electron chi connectivity index (χ4n) is 2.35. The fourth-order valence-corrected chi connectivity index (χ4v) is 2.35. The van der Waals surface area contributed by atoms with Crippen molar-refractivity contribution in [3.8, 4) is 0 Å². The zero-order chi connectivity index (χ0) is 15.8. The van der Waals surface area contributed by atoms with Crippen molar-refractivity contribution in [1.29, 1.82) is 0 Å². The molecule has 1 atom stereocenters. The molecule has 1 unspecified atom stereocenters. The second kappa shape index (κ2) is 8.67. The van der Waals surface area contributed by atoms with E-state index in [-0.39, 0.29) is 11.8 Å². The lowest BCUT2D eigenvalue weighted by Gasteiger charge is -2.20. The number of aliphatic hydroxyl groups excluding tert-OH is 1. The highest BCUT2D eigenvalue weighted by Gasteiger charge is 2.16. The highest BCUT2D eigenvalue weighted by atomic mass is 16.3. The molecular formula is C17H28N2O2. The van der Waals surface area contributed by atoms with Crippen molar-refractivity contribution in [3.05, 3.63) is 29.8 Å². The van der Waals surface area contributed by atoms with Crippen molar-refractivity contribution in [2.45, 2.75) is 39.7 Å². The molecule has 0 aliphatic heterocycles. The molecule has 1 aromatic rings. The van der Waals surface area contributed by atoms with Crippen LogP contribution in [0.2, 0.25) is 0 Å². The average Bonchev–Trinajstić information content (AvgIpc) is 2.53. The second-order valence-corrected chi connectivity index (χ2v) is 5.41. The van der Waals surface area contributed by atoms with Crippen LogP contribution in [0.5, 0.6) is 0 Å². The summed E-state index contributed by atoms with van der Waals surface area (Å²) in [6.45, 7) is 7.43. The summed E-state index contributed by atoms with van der Waals surface area (Å²) in [4.78, 5) is 14.2. The molecule has 2 N–H and O–H groups in total. The Hall–Kier alpha value is -1.55. The van der Waals surface area contributed by atoms with E-state index in [1.807, 2.05) is 31.3 Å². The van der Waals surface area contributed by atoms with E-state index in [9.17, 15) is 9.90 Å². The van der Waals surface area contributed by atoms with Crippen LogP contribution in [0.15, 0.2) is 24.3 Å². The summed E-state index contributed by atoms with van der Waals surface area (Å²) < 4.78 is 0. The third-order valence-electron chi connectivity index (χ3n) is 4.11. The number of amides is 1. The molecule has 118 valence electrons. The topological polar surface area (TPSA) is 52.6 Å². The zero-order valence-corrected chi connectivity index (χ0v) is 13.6. The number of benzene rings is 1. The molecule has 0 radical (unpaired) electrons. The lowest BCUT2D eigenvalue weighted by Crippen LogP contribution is -2.36. The molecule has 21 heavy (non-hydrogen) atoms. The molecule has 0 bridgehead atoms. The molecule has 0 aromatic heterocycles. The van der Waals surface area contributed by atoms with Crippen LogP contribution in [0.25, 0.3) is 0 Å². The fraction of sp³-hybridized carbons (Fsp3) is 0.588. The number of carbonyl (C=O) groups is 1. The number of nitrogens with zero attached hydrogens (tertiary/aromatic N) is 1. The van der Waals surface area contributed by atoms with Crippen LogP contribution < -0.4 is 10.2 Å². The summed E-state index contributed by atoms with van der Waals surface area (Å²) in [5.74, 6) is 0.108. The van der Waals surface area contributed by atoms with Gasteiger partial charge in [0.15, 0.2) is 0 Å². The van der Waals surface area contributed by atoms with Crippen molar-refractivity contribution in [1.82, 2.24) is 5.32 Å². The summed E-state index contributed by atoms with van der Waals surface area (Å²) in [7, 11) is 2.01. The SMILES string of the molecule is CCC(CC)C(O)CNC(=O)c1ccc(N(C)CC)cc1. The molecule has 0 spiro atoms. The molecule has 0 aliphatic rings. The summed E-state index contributed by atoms with van der Waals surface area (Å²) in [5, 5.41) is 12.8. The van der Waals surface area contributed by atoms with Crippen LogP contribution in [0, 0.1) is 5.92 Å². The van der Waals surface area contributed by atoms with Gasteiger partial charge in [0.25, 0.3) is 5.91 Å². The van der Waals surface area contributed by atoms with E-state index >= 15 is 0 Å². The Morgan fingerprint density at radius 3 is 2.24 bits per heavy atom. The third-order valence-corrected chi connectivity index (χ3v) is 4.11. The van der Waals surface area contributed by atoms with Crippen molar-refractivity contribution in [2.75, 3.05) is 25.0 Å². The molecule has 0 saturated heterocycles. The van der Waals surface area contributed by atoms with Crippen LogP contribution in [-0.2, 0) is 0 Å². The van der Waals surface area contributed by atoms with Gasteiger partial charge in [0.2, 0.25) is 0 Å². The second-order valence-electron chi connectivity index (χ2n) is 5.41. The molecule has 1 amide bonds. The van der Waals surface area contributed by atoms with Crippen molar-refractivity contribution >= 4 is 11.6 Å². The molecule has 1 aromatic carbocycles. The van der Waals surface area contributed by atoms with E-state index in [1.165, 1.54) is 0 Å². The Morgan fingerprint density at radius 1 is 1.19 bits per heavy atom. The van der Waals surface area contributed by atoms with Gasteiger partial charge in [-0.25, -0.2) is 0 Å². The first kappa shape index (κ1) is 17.5. The van der Waals surface area contributed by atoms with E-state index in [0.29, 0.717) is 12.1 Å². The first-order chi connectivity index (χ1) is 10.0. The quantitative estimate of drug-likeness (QED) is 0.774. The lowest BCUT2D eigenvalue weighted by atomic mass is 9.96. The molecule has 1 rings (SSSR count). The van der Waals surface area contributed by atoms with Crippen molar-refractivity contribution in [3.63, 3.8) is 0 Å². The number of hydrogen-bond donors (Lipinski definition) is 2. The van der Waals surface area contributed by atoms with E-state index in [1.54, 1.807) is 0 Å². The minimum atomic E-state index is -0.477. The van der Waals surface area contributed by atoms with Crippen molar-refractivity contribution < 1.29 is 9.90 Å². The van der Waals surface area contributed by atoms with Gasteiger partial charge in [0.1, 0.15) is 0 Å². The summed E-state index contributed by atoms with van der Waals surface area (Å²) >= 11 is 0. The average molecular weight is 292 g/mol. The van der Waals surface area contributed by atoms with E-state index in [4.69, 9.17) is 0 Å². The van der Waals surface area contributed by atoms with Gasteiger partial charge in [0.05, 0.1) is 6.10 Å². The normalized spacial score (nSPS) is 12.3. The predicted molar refractivity (Wildman–Crippen MR) is 87.8 cm³/mol. The monoisotopic (exact) mass is 292 g/mol. The number of hydrogen-bond acceptors (Lipinski definition) is 3. The molecule has 0 heterocycles. The van der Waals surface area contributed by atoms with Gasteiger partial charge in [-0.2, -0.15) is 0 Å². The number of aliphatic hydroxyl groups is 1. The highest BCUT2D eigenvalue weighted by Crippen LogP contribution is 2.14.